The fourth-order valence-corrected chi connectivity index (χ4v) is 3.96. The molecule has 2 aromatic rings. The van der Waals surface area contributed by atoms with Gasteiger partial charge in [-0.1, -0.05) is 12.1 Å². The summed E-state index contributed by atoms with van der Waals surface area (Å²) in [5.74, 6) is 2.16. The number of H-pyrrole nitrogens is 1. The number of amides is 1. The van der Waals surface area contributed by atoms with Crippen molar-refractivity contribution < 1.29 is 13.2 Å². The van der Waals surface area contributed by atoms with Crippen molar-refractivity contribution in [2.75, 3.05) is 18.1 Å². The number of anilines is 1. The molecule has 0 bridgehead atoms. The molecule has 0 unspecified atom stereocenters. The fraction of sp³-hybridized carbons (Fsp3) is 0.333. The van der Waals surface area contributed by atoms with Gasteiger partial charge in [0.25, 0.3) is 5.91 Å². The first-order valence-electron chi connectivity index (χ1n) is 9.49. The molecule has 8 heteroatoms. The summed E-state index contributed by atoms with van der Waals surface area (Å²) in [7, 11) is -1.87. The predicted octanol–water partition coefficient (Wildman–Crippen LogP) is 2.69. The second-order valence-electron chi connectivity index (χ2n) is 6.86. The average molecular weight is 413 g/mol. The number of nitrogens with one attached hydrogen (secondary N) is 3. The minimum absolute atomic E-state index is 0.00888. The molecule has 1 aliphatic carbocycles. The zero-order valence-corrected chi connectivity index (χ0v) is 17.1. The third-order valence-electron chi connectivity index (χ3n) is 4.88. The van der Waals surface area contributed by atoms with Crippen LogP contribution in [0.1, 0.15) is 53.1 Å². The molecule has 0 saturated carbocycles. The molecular formula is C21H24N4O3S. The molecule has 0 aliphatic heterocycles. The number of terminal acetylenes is 1. The molecule has 1 heterocycles. The summed E-state index contributed by atoms with van der Waals surface area (Å²) in [6.45, 7) is 0. The van der Waals surface area contributed by atoms with E-state index in [1.54, 1.807) is 0 Å². The highest BCUT2D eigenvalue weighted by Gasteiger charge is 2.17. The van der Waals surface area contributed by atoms with Crippen molar-refractivity contribution in [2.45, 2.75) is 32.1 Å². The number of carbonyl (C=O) groups excluding carboxylic acids is 1. The van der Waals surface area contributed by atoms with Gasteiger partial charge in [-0.05, 0) is 68.3 Å². The van der Waals surface area contributed by atoms with Gasteiger partial charge in [-0.15, -0.1) is 6.42 Å². The van der Waals surface area contributed by atoms with E-state index in [1.165, 1.54) is 13.2 Å². The molecule has 29 heavy (non-hydrogen) atoms. The van der Waals surface area contributed by atoms with E-state index in [0.717, 1.165) is 42.4 Å². The largest absolute Gasteiger partial charge is 0.339 e. The van der Waals surface area contributed by atoms with E-state index in [-0.39, 0.29) is 17.5 Å². The molecule has 1 aromatic carbocycles. The molecule has 0 fully saturated rings. The number of aryl methyl sites for hydroxylation is 1. The van der Waals surface area contributed by atoms with Gasteiger partial charge < -0.3 is 10.3 Å². The summed E-state index contributed by atoms with van der Waals surface area (Å²) in [5, 5.41) is 2.90. The average Bonchev–Trinajstić information content (AvgIpc) is 3.23. The summed E-state index contributed by atoms with van der Waals surface area (Å²) in [6.07, 6.45) is 13.5. The lowest BCUT2D eigenvalue weighted by Gasteiger charge is -2.18. The number of aromatic amines is 1. The van der Waals surface area contributed by atoms with Crippen LogP contribution >= 0.6 is 0 Å². The van der Waals surface area contributed by atoms with E-state index < -0.39 is 10.0 Å². The molecule has 0 radical (unpaired) electrons. The van der Waals surface area contributed by atoms with E-state index in [1.807, 2.05) is 18.2 Å². The Bertz CT molecular complexity index is 1080. The summed E-state index contributed by atoms with van der Waals surface area (Å²) in [4.78, 5) is 19.4. The maximum atomic E-state index is 12.6. The van der Waals surface area contributed by atoms with Crippen LogP contribution in [0.4, 0.5) is 5.69 Å². The van der Waals surface area contributed by atoms with Crippen LogP contribution in [0.25, 0.3) is 5.57 Å². The molecule has 7 nitrogen and oxygen atoms in total. The van der Waals surface area contributed by atoms with Gasteiger partial charge in [-0.25, -0.2) is 18.1 Å². The first-order chi connectivity index (χ1) is 13.9. The minimum atomic E-state index is -3.28. The van der Waals surface area contributed by atoms with E-state index in [9.17, 15) is 13.2 Å². The molecule has 3 N–H and O–H groups in total. The van der Waals surface area contributed by atoms with Gasteiger partial charge in [-0.3, -0.25) is 4.79 Å². The molecular weight excluding hydrogens is 388 g/mol. The normalized spacial score (nSPS) is 14.1. The number of nitrogens with zero attached hydrogens (tertiary/aromatic N) is 1. The molecule has 1 aliphatic rings. The molecule has 1 amide bonds. The maximum absolute atomic E-state index is 12.6. The lowest BCUT2D eigenvalue weighted by molar-refractivity contribution is 0.101. The van der Waals surface area contributed by atoms with Gasteiger partial charge in [0.15, 0.2) is 5.82 Å². The monoisotopic (exact) mass is 412 g/mol. The standard InChI is InChI=1S/C21H24N4O3S/c1-3-17-14-23-20(24-17)21(26)25-19-10-9-15(11-12-29(27,28)22-2)13-18(19)16-7-5-4-6-8-16/h1,7,9-10,13-14,22H,4-6,8,11-12H2,2H3,(H,23,24)(H,25,26). The van der Waals surface area contributed by atoms with Crippen LogP contribution < -0.4 is 10.0 Å². The van der Waals surface area contributed by atoms with Gasteiger partial charge in [0, 0.05) is 17.4 Å². The number of sulfonamides is 1. The summed E-state index contributed by atoms with van der Waals surface area (Å²) in [5.41, 5.74) is 4.01. The topological polar surface area (TPSA) is 104 Å². The van der Waals surface area contributed by atoms with Crippen LogP contribution in [-0.4, -0.2) is 37.1 Å². The van der Waals surface area contributed by atoms with Crippen LogP contribution in [0.5, 0.6) is 0 Å². The quantitative estimate of drug-likeness (QED) is 0.608. The Hall–Kier alpha value is -2.89. The Morgan fingerprint density at radius 3 is 2.83 bits per heavy atom. The maximum Gasteiger partial charge on any atom is 0.291 e. The van der Waals surface area contributed by atoms with Crippen molar-refractivity contribution in [3.05, 3.63) is 53.1 Å². The van der Waals surface area contributed by atoms with E-state index in [2.05, 4.69) is 32.0 Å². The highest BCUT2D eigenvalue weighted by atomic mass is 32.2. The Morgan fingerprint density at radius 1 is 1.34 bits per heavy atom. The van der Waals surface area contributed by atoms with Gasteiger partial charge in [0.1, 0.15) is 5.69 Å². The van der Waals surface area contributed by atoms with Crippen molar-refractivity contribution >= 4 is 27.2 Å². The number of benzene rings is 1. The first-order valence-corrected chi connectivity index (χ1v) is 11.1. The van der Waals surface area contributed by atoms with E-state index in [0.29, 0.717) is 17.8 Å². The number of allylic oxidation sites excluding steroid dienone is 2. The summed E-state index contributed by atoms with van der Waals surface area (Å²) >= 11 is 0. The zero-order valence-electron chi connectivity index (χ0n) is 16.3. The van der Waals surface area contributed by atoms with Crippen LogP contribution in [0.3, 0.4) is 0 Å². The van der Waals surface area contributed by atoms with Crippen molar-refractivity contribution in [3.8, 4) is 12.3 Å². The van der Waals surface area contributed by atoms with Crippen LogP contribution in [0, 0.1) is 12.3 Å². The van der Waals surface area contributed by atoms with Crippen LogP contribution in [0.2, 0.25) is 0 Å². The van der Waals surface area contributed by atoms with Gasteiger partial charge in [-0.2, -0.15) is 0 Å². The van der Waals surface area contributed by atoms with Crippen molar-refractivity contribution in [2.24, 2.45) is 0 Å². The highest BCUT2D eigenvalue weighted by Crippen LogP contribution is 2.33. The lowest BCUT2D eigenvalue weighted by Crippen LogP contribution is -2.23. The lowest BCUT2D eigenvalue weighted by atomic mass is 9.91. The number of hydrogen-bond donors (Lipinski definition) is 3. The van der Waals surface area contributed by atoms with Crippen LogP contribution in [0.15, 0.2) is 30.5 Å². The Balaban J connectivity index is 1.88. The van der Waals surface area contributed by atoms with Gasteiger partial charge >= 0.3 is 0 Å². The van der Waals surface area contributed by atoms with Gasteiger partial charge in [0.2, 0.25) is 10.0 Å². The second-order valence-corrected chi connectivity index (χ2v) is 8.91. The minimum Gasteiger partial charge on any atom is -0.339 e. The number of imidazole rings is 1. The second kappa shape index (κ2) is 9.07. The van der Waals surface area contributed by atoms with Crippen LogP contribution in [-0.2, 0) is 16.4 Å². The predicted molar refractivity (Wildman–Crippen MR) is 114 cm³/mol. The molecule has 152 valence electrons. The fourth-order valence-electron chi connectivity index (χ4n) is 3.25. The van der Waals surface area contributed by atoms with Crippen molar-refractivity contribution in [1.29, 1.82) is 0 Å². The summed E-state index contributed by atoms with van der Waals surface area (Å²) < 4.78 is 25.8. The number of rotatable bonds is 7. The first kappa shape index (κ1) is 20.8. The number of carbonyl (C=O) groups is 1. The van der Waals surface area contributed by atoms with Crippen molar-refractivity contribution in [1.82, 2.24) is 14.7 Å². The van der Waals surface area contributed by atoms with Gasteiger partial charge in [0.05, 0.1) is 5.75 Å². The Kier molecular flexibility index (Phi) is 6.52. The molecule has 0 spiro atoms. The highest BCUT2D eigenvalue weighted by molar-refractivity contribution is 7.89. The number of hydrogen-bond acceptors (Lipinski definition) is 4. The SMILES string of the molecule is C#Cc1c[nH]c(C(=O)Nc2ccc(CCS(=O)(=O)NC)cc2C2=CCCCC2)n1. The molecule has 0 atom stereocenters. The van der Waals surface area contributed by atoms with E-state index in [4.69, 9.17) is 6.42 Å². The van der Waals surface area contributed by atoms with E-state index >= 15 is 0 Å². The molecule has 1 aromatic heterocycles. The number of aromatic nitrogens is 2. The summed E-state index contributed by atoms with van der Waals surface area (Å²) in [6, 6.07) is 5.62. The molecule has 0 saturated heterocycles. The molecule has 3 rings (SSSR count). The third kappa shape index (κ3) is 5.34. The van der Waals surface area contributed by atoms with Crippen molar-refractivity contribution in [3.63, 3.8) is 0 Å². The smallest absolute Gasteiger partial charge is 0.291 e. The Labute approximate surface area is 171 Å². The Morgan fingerprint density at radius 2 is 2.17 bits per heavy atom. The third-order valence-corrected chi connectivity index (χ3v) is 6.24. The zero-order chi connectivity index (χ0) is 20.9.